The van der Waals surface area contributed by atoms with Gasteiger partial charge in [-0.15, -0.1) is 5.73 Å². The van der Waals surface area contributed by atoms with E-state index in [0.717, 1.165) is 16.7 Å². The Bertz CT molecular complexity index is 1420. The summed E-state index contributed by atoms with van der Waals surface area (Å²) in [5.41, 5.74) is 4.60. The van der Waals surface area contributed by atoms with Crippen LogP contribution >= 0.6 is 0 Å². The van der Waals surface area contributed by atoms with Crippen LogP contribution in [-0.4, -0.2) is 61.8 Å². The Hall–Kier alpha value is -2.83. The summed E-state index contributed by atoms with van der Waals surface area (Å²) in [6.45, 7) is 17.5. The van der Waals surface area contributed by atoms with E-state index < -0.39 is 34.4 Å². The average Bonchev–Trinajstić information content (AvgIpc) is 3.52. The number of aliphatic hydroxyl groups excluding tert-OH is 3. The van der Waals surface area contributed by atoms with E-state index in [1.165, 1.54) is 0 Å². The Morgan fingerprint density at radius 3 is 1.93 bits per heavy atom. The third kappa shape index (κ3) is 8.95. The fourth-order valence-electron chi connectivity index (χ4n) is 7.52. The lowest BCUT2D eigenvalue weighted by Crippen LogP contribution is -2.48. The molecule has 0 amide bonds. The Labute approximate surface area is 276 Å². The molecule has 0 spiro atoms. The zero-order chi connectivity index (χ0) is 34.6. The third-order valence-corrected chi connectivity index (χ3v) is 9.91. The minimum absolute atomic E-state index is 0.0732. The van der Waals surface area contributed by atoms with Crippen LogP contribution in [0.1, 0.15) is 94.4 Å². The number of ketones is 1. The number of rotatable bonds is 11. The van der Waals surface area contributed by atoms with Crippen molar-refractivity contribution >= 4 is 5.78 Å². The molecule has 3 fully saturated rings. The predicted molar refractivity (Wildman–Crippen MR) is 186 cm³/mol. The molecule has 0 aromatic rings. The highest BCUT2D eigenvalue weighted by molar-refractivity contribution is 5.96. The fourth-order valence-corrected chi connectivity index (χ4v) is 7.52. The Balaban J connectivity index is 1.56. The van der Waals surface area contributed by atoms with Crippen molar-refractivity contribution in [3.05, 3.63) is 100 Å². The van der Waals surface area contributed by atoms with Crippen molar-refractivity contribution < 1.29 is 30.0 Å². The molecule has 6 nitrogen and oxygen atoms in total. The lowest BCUT2D eigenvalue weighted by Gasteiger charge is -2.43. The first-order valence-corrected chi connectivity index (χ1v) is 16.4. The van der Waals surface area contributed by atoms with Crippen molar-refractivity contribution in [2.75, 3.05) is 6.61 Å². The molecule has 0 unspecified atom stereocenters. The van der Waals surface area contributed by atoms with E-state index in [4.69, 9.17) is 4.74 Å². The van der Waals surface area contributed by atoms with E-state index >= 15 is 0 Å². The monoisotopic (exact) mass is 632 g/mol. The van der Waals surface area contributed by atoms with Crippen molar-refractivity contribution in [1.82, 2.24) is 0 Å². The highest BCUT2D eigenvalue weighted by Gasteiger charge is 2.76. The molecule has 3 aliphatic rings. The van der Waals surface area contributed by atoms with Gasteiger partial charge in [0.15, 0.2) is 5.78 Å². The minimum Gasteiger partial charge on any atom is -0.393 e. The van der Waals surface area contributed by atoms with Crippen LogP contribution < -0.4 is 0 Å². The molecular formula is C40H56O6. The van der Waals surface area contributed by atoms with Crippen LogP contribution in [0.2, 0.25) is 0 Å². The molecule has 46 heavy (non-hydrogen) atoms. The van der Waals surface area contributed by atoms with Gasteiger partial charge in [-0.3, -0.25) is 4.79 Å². The summed E-state index contributed by atoms with van der Waals surface area (Å²) in [6, 6.07) is 0. The van der Waals surface area contributed by atoms with Crippen LogP contribution in [0.4, 0.5) is 0 Å². The van der Waals surface area contributed by atoms with Gasteiger partial charge in [0.05, 0.1) is 30.0 Å². The summed E-state index contributed by atoms with van der Waals surface area (Å²) in [5.74, 6) is 0.0732. The van der Waals surface area contributed by atoms with Gasteiger partial charge < -0.3 is 25.2 Å². The standard InChI is InChI=1S/C40H56O6/c1-28(16-12-18-30(3)34(44)26-40-37(6,7)23-33(43)25-39(40,9)46-40)14-10-11-15-29(2)17-13-19-31(27-41)20-21-35-36(4,5)22-32(42)24-38(35,8)45/h10-20,32-33,41-43,45H,22-27H2,1-9H3/b11-10+,16-12+,17-13+,28-14+,29-15+,30-18+,31-19-/t21?,32-,33-,38+,39+,40-/m0/s1. The summed E-state index contributed by atoms with van der Waals surface area (Å²) < 4.78 is 6.17. The average molecular weight is 633 g/mol. The molecule has 1 saturated heterocycles. The van der Waals surface area contributed by atoms with Crippen LogP contribution in [0, 0.1) is 10.8 Å². The second kappa shape index (κ2) is 14.5. The van der Waals surface area contributed by atoms with Gasteiger partial charge >= 0.3 is 0 Å². The molecule has 5 atom stereocenters. The fraction of sp³-hybridized carbons (Fsp3) is 0.550. The number of fused-ring (bicyclic) bond motifs is 1. The number of carbonyl (C=O) groups is 1. The van der Waals surface area contributed by atoms with Gasteiger partial charge in [-0.1, -0.05) is 99.6 Å². The van der Waals surface area contributed by atoms with Crippen molar-refractivity contribution in [2.45, 2.75) is 123 Å². The van der Waals surface area contributed by atoms with Crippen molar-refractivity contribution in [3.63, 3.8) is 0 Å². The second-order valence-corrected chi connectivity index (χ2v) is 15.3. The molecule has 6 heteroatoms. The molecule has 1 heterocycles. The molecule has 0 bridgehead atoms. The summed E-state index contributed by atoms with van der Waals surface area (Å²) in [5, 5.41) is 41.1. The van der Waals surface area contributed by atoms with Gasteiger partial charge in [-0.05, 0) is 75.5 Å². The highest BCUT2D eigenvalue weighted by Crippen LogP contribution is 2.67. The quantitative estimate of drug-likeness (QED) is 0.0838. The van der Waals surface area contributed by atoms with Crippen molar-refractivity contribution in [2.24, 2.45) is 10.8 Å². The summed E-state index contributed by atoms with van der Waals surface area (Å²) in [4.78, 5) is 13.1. The Morgan fingerprint density at radius 1 is 0.826 bits per heavy atom. The first-order valence-electron chi connectivity index (χ1n) is 16.4. The van der Waals surface area contributed by atoms with E-state index in [0.29, 0.717) is 36.8 Å². The van der Waals surface area contributed by atoms with Crippen molar-refractivity contribution in [1.29, 1.82) is 0 Å². The number of ether oxygens (including phenoxy) is 1. The van der Waals surface area contributed by atoms with Crippen LogP contribution in [0.3, 0.4) is 0 Å². The zero-order valence-corrected chi connectivity index (χ0v) is 29.4. The molecule has 252 valence electrons. The lowest BCUT2D eigenvalue weighted by molar-refractivity contribution is -0.118. The maximum Gasteiger partial charge on any atom is 0.161 e. The number of hydrogen-bond donors (Lipinski definition) is 4. The maximum atomic E-state index is 13.1. The van der Waals surface area contributed by atoms with E-state index in [9.17, 15) is 25.2 Å². The van der Waals surface area contributed by atoms with Crippen LogP contribution in [0.25, 0.3) is 0 Å². The molecular weight excluding hydrogens is 576 g/mol. The molecule has 4 N–H and O–H groups in total. The van der Waals surface area contributed by atoms with Crippen LogP contribution in [0.5, 0.6) is 0 Å². The van der Waals surface area contributed by atoms with Gasteiger partial charge in [0.1, 0.15) is 5.60 Å². The number of hydrogen-bond acceptors (Lipinski definition) is 6. The van der Waals surface area contributed by atoms with Gasteiger partial charge in [-0.2, -0.15) is 0 Å². The van der Waals surface area contributed by atoms with Crippen LogP contribution in [-0.2, 0) is 9.53 Å². The Kier molecular flexibility index (Phi) is 11.9. The summed E-state index contributed by atoms with van der Waals surface area (Å²) in [6.07, 6.45) is 22.4. The van der Waals surface area contributed by atoms with Gasteiger partial charge in [0.2, 0.25) is 0 Å². The highest BCUT2D eigenvalue weighted by atomic mass is 16.6. The summed E-state index contributed by atoms with van der Waals surface area (Å²) in [7, 11) is 0. The maximum absolute atomic E-state index is 13.1. The normalized spacial score (nSPS) is 33.5. The number of Topliss-reactive ketones (excluding diaryl/α,β-unsaturated/α-hetero) is 1. The van der Waals surface area contributed by atoms with E-state index in [2.05, 4.69) is 19.6 Å². The van der Waals surface area contributed by atoms with E-state index in [1.54, 1.807) is 13.0 Å². The largest absolute Gasteiger partial charge is 0.393 e. The van der Waals surface area contributed by atoms with Gasteiger partial charge in [0, 0.05) is 24.8 Å². The number of epoxide rings is 1. The second-order valence-electron chi connectivity index (χ2n) is 15.3. The zero-order valence-electron chi connectivity index (χ0n) is 29.4. The molecule has 1 aliphatic heterocycles. The van der Waals surface area contributed by atoms with Crippen molar-refractivity contribution in [3.8, 4) is 0 Å². The smallest absolute Gasteiger partial charge is 0.161 e. The number of allylic oxidation sites excluding steroid dienone is 13. The Morgan fingerprint density at radius 2 is 1.39 bits per heavy atom. The SMILES string of the molecule is CC(/C=C/C=C(/C=C=C1C(C)(C)C[C@H](O)C[C@@]1(C)O)CO)=C\C=C\C=C(C)\C=C\C=C(/C)C(=O)C[C@@]12O[C@]1(C)C[C@@H](O)CC2(C)C. The van der Waals surface area contributed by atoms with Crippen LogP contribution in [0.15, 0.2) is 100 Å². The third-order valence-electron chi connectivity index (χ3n) is 9.91. The molecule has 3 rings (SSSR count). The molecule has 2 saturated carbocycles. The van der Waals surface area contributed by atoms with Gasteiger partial charge in [0.25, 0.3) is 0 Å². The van der Waals surface area contributed by atoms with Gasteiger partial charge in [-0.25, -0.2) is 0 Å². The molecule has 0 radical (unpaired) electrons. The molecule has 0 aromatic heterocycles. The first kappa shape index (κ1) is 37.6. The summed E-state index contributed by atoms with van der Waals surface area (Å²) >= 11 is 0. The molecule has 2 aliphatic carbocycles. The topological polar surface area (TPSA) is 111 Å². The van der Waals surface area contributed by atoms with E-state index in [-0.39, 0.29) is 24.2 Å². The lowest BCUT2D eigenvalue weighted by atomic mass is 9.61. The van der Waals surface area contributed by atoms with E-state index in [1.807, 2.05) is 102 Å². The minimum atomic E-state index is -1.15. The number of aliphatic hydroxyl groups is 4. The molecule has 0 aromatic carbocycles. The number of carbonyl (C=O) groups excluding carboxylic acids is 1. The predicted octanol–water partition coefficient (Wildman–Crippen LogP) is 7.09. The first-order chi connectivity index (χ1) is 21.3.